The van der Waals surface area contributed by atoms with Crippen molar-refractivity contribution in [3.05, 3.63) is 20.3 Å². The van der Waals surface area contributed by atoms with Crippen molar-refractivity contribution in [2.24, 2.45) is 0 Å². The van der Waals surface area contributed by atoms with Crippen LogP contribution in [0.4, 0.5) is 0 Å². The number of rotatable bonds is 1. The molecule has 0 spiro atoms. The highest BCUT2D eigenvalue weighted by molar-refractivity contribution is 9.10. The summed E-state index contributed by atoms with van der Waals surface area (Å²) in [5.41, 5.74) is 0. The fraction of sp³-hybridized carbons (Fsp3) is 0.167. The van der Waals surface area contributed by atoms with Crippen LogP contribution in [-0.4, -0.2) is 6.29 Å². The first-order valence-corrected chi connectivity index (χ1v) is 3.81. The van der Waals surface area contributed by atoms with E-state index in [0.717, 1.165) is 11.3 Å². The molecule has 0 aliphatic rings. The number of hydrogen-bond donors (Lipinski definition) is 0. The Labute approximate surface area is 70.0 Å². The second-order valence-electron chi connectivity index (χ2n) is 1.44. The minimum Gasteiger partial charge on any atom is -0.297 e. The predicted octanol–water partition coefficient (Wildman–Crippen LogP) is 2.63. The van der Waals surface area contributed by atoms with E-state index >= 15 is 0 Å². The number of hydrogen-bond acceptors (Lipinski definition) is 2. The summed E-state index contributed by atoms with van der Waals surface area (Å²) in [4.78, 5) is 11.0. The van der Waals surface area contributed by atoms with E-state index in [1.807, 2.05) is 0 Å². The number of aldehydes is 1. The topological polar surface area (TPSA) is 17.1 Å². The van der Waals surface area contributed by atoms with Gasteiger partial charge in [0.05, 0.1) is 4.88 Å². The van der Waals surface area contributed by atoms with Crippen LogP contribution in [0.5, 0.6) is 0 Å². The number of carbonyl (C=O) groups excluding carboxylic acids is 1. The molecule has 0 aliphatic heterocycles. The molecule has 0 radical (unpaired) electrons. The van der Waals surface area contributed by atoms with Crippen LogP contribution in [0.25, 0.3) is 0 Å². The Kier molecular flexibility index (Phi) is 1.13. The molecule has 0 aromatic carbocycles. The van der Waals surface area contributed by atoms with Gasteiger partial charge in [0.25, 0.3) is 0 Å². The molecule has 48 valence electrons. The van der Waals surface area contributed by atoms with Crippen LogP contribution in [0.3, 0.4) is 0 Å². The van der Waals surface area contributed by atoms with Crippen molar-refractivity contribution < 1.29 is 8.91 Å². The van der Waals surface area contributed by atoms with E-state index in [-0.39, 0.29) is 4.88 Å². The molecule has 0 fully saturated rings. The van der Waals surface area contributed by atoms with Gasteiger partial charge in [-0.05, 0) is 28.8 Å². The Morgan fingerprint density at radius 3 is 3.11 bits per heavy atom. The molecule has 1 nitrogen and oxygen atoms in total. The molecule has 0 unspecified atom stereocenters. The van der Waals surface area contributed by atoms with E-state index in [1.165, 1.54) is 6.07 Å². The number of halogens is 1. The highest BCUT2D eigenvalue weighted by Crippen LogP contribution is 2.24. The van der Waals surface area contributed by atoms with E-state index in [0.29, 0.717) is 15.6 Å². The molecule has 1 aromatic rings. The lowest BCUT2D eigenvalue weighted by Gasteiger charge is -1.77. The highest BCUT2D eigenvalue weighted by Gasteiger charge is 1.99. The smallest absolute Gasteiger partial charge is 0.160 e. The third-order valence-corrected chi connectivity index (χ3v) is 2.58. The summed E-state index contributed by atoms with van der Waals surface area (Å²) in [5.74, 6) is 0. The second kappa shape index (κ2) is 2.62. The monoisotopic (exact) mass is 207 g/mol. The van der Waals surface area contributed by atoms with Crippen LogP contribution in [0.2, 0.25) is 0 Å². The van der Waals surface area contributed by atoms with E-state index < -0.39 is 6.85 Å². The van der Waals surface area contributed by atoms with Gasteiger partial charge in [0.1, 0.15) is 0 Å². The molecule has 0 saturated heterocycles. The standard InChI is InChI=1S/C6H5BrOS/c1-4-6(7)2-5(3-8)9-4/h2-3H,1H3/i1D3. The zero-order valence-electron chi connectivity index (χ0n) is 7.35. The van der Waals surface area contributed by atoms with Gasteiger partial charge in [-0.2, -0.15) is 0 Å². The zero-order chi connectivity index (χ0) is 9.35. The largest absolute Gasteiger partial charge is 0.297 e. The molecule has 0 amide bonds. The van der Waals surface area contributed by atoms with Crippen molar-refractivity contribution in [3.8, 4) is 0 Å². The van der Waals surface area contributed by atoms with Crippen molar-refractivity contribution >= 4 is 33.6 Å². The van der Waals surface area contributed by atoms with Gasteiger partial charge in [-0.3, -0.25) is 4.79 Å². The molecular weight excluding hydrogens is 200 g/mol. The normalized spacial score (nSPS) is 15.9. The van der Waals surface area contributed by atoms with Crippen molar-refractivity contribution in [2.75, 3.05) is 0 Å². The molecular formula is C6H5BrOS. The summed E-state index contributed by atoms with van der Waals surface area (Å²) in [6.07, 6.45) is 0.644. The van der Waals surface area contributed by atoms with Crippen molar-refractivity contribution in [1.82, 2.24) is 0 Å². The number of aryl methyl sites for hydroxylation is 1. The molecule has 3 heteroatoms. The maximum Gasteiger partial charge on any atom is 0.160 e. The molecule has 1 aromatic heterocycles. The van der Waals surface area contributed by atoms with E-state index in [2.05, 4.69) is 15.9 Å². The first-order valence-electron chi connectivity index (χ1n) is 3.70. The summed E-state index contributed by atoms with van der Waals surface area (Å²) >= 11 is 4.07. The van der Waals surface area contributed by atoms with Gasteiger partial charge < -0.3 is 0 Å². The minimum absolute atomic E-state index is 0.226. The quantitative estimate of drug-likeness (QED) is 0.648. The van der Waals surface area contributed by atoms with E-state index in [4.69, 9.17) is 4.11 Å². The third kappa shape index (κ3) is 1.40. The van der Waals surface area contributed by atoms with Gasteiger partial charge in [-0.1, -0.05) is 0 Å². The maximum atomic E-state index is 10.3. The Balaban J connectivity index is 3.16. The van der Waals surface area contributed by atoms with Crippen LogP contribution in [-0.2, 0) is 0 Å². The van der Waals surface area contributed by atoms with Gasteiger partial charge in [0.2, 0.25) is 0 Å². The minimum atomic E-state index is -2.13. The van der Waals surface area contributed by atoms with E-state index in [1.54, 1.807) is 0 Å². The lowest BCUT2D eigenvalue weighted by molar-refractivity contribution is 0.112. The highest BCUT2D eigenvalue weighted by atomic mass is 79.9. The van der Waals surface area contributed by atoms with Crippen LogP contribution in [0.15, 0.2) is 10.5 Å². The Bertz CT molecular complexity index is 304. The Hall–Kier alpha value is -0.150. The second-order valence-corrected chi connectivity index (χ2v) is 3.38. The molecule has 1 rings (SSSR count). The summed E-state index contributed by atoms with van der Waals surface area (Å²) < 4.78 is 21.8. The molecule has 0 saturated carbocycles. The third-order valence-electron chi connectivity index (χ3n) is 0.822. The Morgan fingerprint density at radius 2 is 2.78 bits per heavy atom. The SMILES string of the molecule is [2H]C([2H])([2H])c1sc(C=O)cc1Br. The molecule has 0 aliphatic carbocycles. The van der Waals surface area contributed by atoms with Gasteiger partial charge >= 0.3 is 0 Å². The molecule has 0 atom stereocenters. The number of carbonyl (C=O) groups is 1. The lowest BCUT2D eigenvalue weighted by atomic mass is 10.4. The van der Waals surface area contributed by atoms with E-state index in [9.17, 15) is 4.79 Å². The van der Waals surface area contributed by atoms with Gasteiger partial charge in [-0.25, -0.2) is 0 Å². The molecule has 0 bridgehead atoms. The summed E-state index contributed by atoms with van der Waals surface area (Å²) in [6, 6.07) is 1.51. The molecule has 1 heterocycles. The van der Waals surface area contributed by atoms with Gasteiger partial charge in [0, 0.05) is 13.5 Å². The summed E-state index contributed by atoms with van der Waals surface area (Å²) in [5, 5.41) is 0. The van der Waals surface area contributed by atoms with Crippen LogP contribution >= 0.6 is 27.3 Å². The predicted molar refractivity (Wildman–Crippen MR) is 42.1 cm³/mol. The van der Waals surface area contributed by atoms with Crippen LogP contribution < -0.4 is 0 Å². The van der Waals surface area contributed by atoms with Gasteiger partial charge in [0.15, 0.2) is 6.29 Å². The van der Waals surface area contributed by atoms with Crippen molar-refractivity contribution in [1.29, 1.82) is 0 Å². The zero-order valence-corrected chi connectivity index (χ0v) is 6.75. The fourth-order valence-corrected chi connectivity index (χ4v) is 1.70. The van der Waals surface area contributed by atoms with Crippen LogP contribution in [0.1, 0.15) is 18.7 Å². The van der Waals surface area contributed by atoms with Crippen LogP contribution in [0, 0.1) is 6.85 Å². The van der Waals surface area contributed by atoms with Crippen molar-refractivity contribution in [3.63, 3.8) is 0 Å². The summed E-state index contributed by atoms with van der Waals surface area (Å²) in [6.45, 7) is -2.13. The van der Waals surface area contributed by atoms with Gasteiger partial charge in [-0.15, -0.1) is 11.3 Å². The first kappa shape index (κ1) is 3.88. The molecule has 9 heavy (non-hydrogen) atoms. The lowest BCUT2D eigenvalue weighted by Crippen LogP contribution is -1.62. The molecule has 0 N–H and O–H groups in total. The first-order chi connectivity index (χ1) is 5.45. The number of thiophene rings is 1. The van der Waals surface area contributed by atoms with Crippen molar-refractivity contribution in [2.45, 2.75) is 6.85 Å². The average Bonchev–Trinajstić information content (AvgIpc) is 2.29. The maximum absolute atomic E-state index is 10.3. The summed E-state index contributed by atoms with van der Waals surface area (Å²) in [7, 11) is 0. The average molecular weight is 208 g/mol. The fourth-order valence-electron chi connectivity index (χ4n) is 0.445. The Morgan fingerprint density at radius 1 is 2.00 bits per heavy atom.